The number of rotatable bonds is 9. The van der Waals surface area contributed by atoms with Crippen LogP contribution in [0.25, 0.3) is 11.3 Å². The number of benzene rings is 1. The fraction of sp³-hybridized carbons (Fsp3) is 0.353. The van der Waals surface area contributed by atoms with Crippen LogP contribution >= 0.6 is 11.6 Å². The van der Waals surface area contributed by atoms with Gasteiger partial charge in [-0.15, -0.1) is 0 Å². The second kappa shape index (κ2) is 9.08. The van der Waals surface area contributed by atoms with Crippen LogP contribution in [0.5, 0.6) is 0 Å². The van der Waals surface area contributed by atoms with Gasteiger partial charge in [0.15, 0.2) is 0 Å². The van der Waals surface area contributed by atoms with Crippen molar-refractivity contribution in [3.05, 3.63) is 41.1 Å². The predicted octanol–water partition coefficient (Wildman–Crippen LogP) is 3.76. The van der Waals surface area contributed by atoms with Gasteiger partial charge in [-0.05, 0) is 25.0 Å². The molecule has 1 heterocycles. The Labute approximate surface area is 144 Å². The molecular formula is C17H19ClN2O4. The minimum Gasteiger partial charge on any atom is -0.481 e. The van der Waals surface area contributed by atoms with E-state index in [-0.39, 0.29) is 18.1 Å². The van der Waals surface area contributed by atoms with Crippen LogP contribution in [0.4, 0.5) is 0 Å². The van der Waals surface area contributed by atoms with Gasteiger partial charge in [-0.2, -0.15) is 0 Å². The molecule has 6 nitrogen and oxygen atoms in total. The average Bonchev–Trinajstić information content (AvgIpc) is 3.03. The van der Waals surface area contributed by atoms with E-state index in [1.165, 1.54) is 0 Å². The Morgan fingerprint density at radius 2 is 1.96 bits per heavy atom. The van der Waals surface area contributed by atoms with Crippen LogP contribution < -0.4 is 5.32 Å². The van der Waals surface area contributed by atoms with E-state index in [2.05, 4.69) is 10.5 Å². The summed E-state index contributed by atoms with van der Waals surface area (Å²) in [5.41, 5.74) is 1.33. The zero-order valence-corrected chi connectivity index (χ0v) is 13.9. The largest absolute Gasteiger partial charge is 0.481 e. The standard InChI is InChI=1S/C17H19ClN2O4/c18-13-7-5-6-12(10-13)14-11-15(24-20-14)17(23)19-9-4-2-1-3-8-16(21)22/h5-7,10-11H,1-4,8-9H2,(H,19,23)(H,21,22). The molecule has 0 bridgehead atoms. The summed E-state index contributed by atoms with van der Waals surface area (Å²) in [5, 5.41) is 15.8. The number of carbonyl (C=O) groups excluding carboxylic acids is 1. The quantitative estimate of drug-likeness (QED) is 0.672. The van der Waals surface area contributed by atoms with Gasteiger partial charge in [0.25, 0.3) is 5.91 Å². The summed E-state index contributed by atoms with van der Waals surface area (Å²) in [6.45, 7) is 0.513. The maximum Gasteiger partial charge on any atom is 0.303 e. The number of carboxylic acids is 1. The molecule has 0 fully saturated rings. The number of carbonyl (C=O) groups is 2. The molecule has 7 heteroatoms. The van der Waals surface area contributed by atoms with Crippen molar-refractivity contribution in [3.8, 4) is 11.3 Å². The monoisotopic (exact) mass is 350 g/mol. The highest BCUT2D eigenvalue weighted by Crippen LogP contribution is 2.22. The van der Waals surface area contributed by atoms with Crippen LogP contribution in [0, 0.1) is 0 Å². The van der Waals surface area contributed by atoms with Crippen molar-refractivity contribution >= 4 is 23.5 Å². The Balaban J connectivity index is 1.74. The van der Waals surface area contributed by atoms with Gasteiger partial charge in [-0.1, -0.05) is 41.7 Å². The fourth-order valence-electron chi connectivity index (χ4n) is 2.21. The van der Waals surface area contributed by atoms with Gasteiger partial charge in [0, 0.05) is 29.6 Å². The smallest absolute Gasteiger partial charge is 0.303 e. The maximum atomic E-state index is 12.0. The minimum absolute atomic E-state index is 0.149. The second-order valence-electron chi connectivity index (χ2n) is 5.40. The molecule has 1 aromatic carbocycles. The number of nitrogens with one attached hydrogen (secondary N) is 1. The highest BCUT2D eigenvalue weighted by atomic mass is 35.5. The molecule has 0 unspecified atom stereocenters. The van der Waals surface area contributed by atoms with Crippen LogP contribution in [0.1, 0.15) is 42.7 Å². The first-order chi connectivity index (χ1) is 11.6. The van der Waals surface area contributed by atoms with Crippen molar-refractivity contribution < 1.29 is 19.2 Å². The highest BCUT2D eigenvalue weighted by Gasteiger charge is 2.13. The van der Waals surface area contributed by atoms with Crippen LogP contribution in [0.3, 0.4) is 0 Å². The van der Waals surface area contributed by atoms with Crippen molar-refractivity contribution in [2.45, 2.75) is 32.1 Å². The maximum absolute atomic E-state index is 12.0. The van der Waals surface area contributed by atoms with Crippen molar-refractivity contribution in [1.82, 2.24) is 10.5 Å². The van der Waals surface area contributed by atoms with Gasteiger partial charge >= 0.3 is 5.97 Å². The summed E-state index contributed by atoms with van der Waals surface area (Å²) in [5.74, 6) is -0.943. The predicted molar refractivity (Wildman–Crippen MR) is 90.0 cm³/mol. The number of aromatic nitrogens is 1. The molecule has 2 N–H and O–H groups in total. The molecule has 2 rings (SSSR count). The molecule has 0 saturated heterocycles. The molecule has 0 aliphatic heterocycles. The van der Waals surface area contributed by atoms with Crippen molar-refractivity contribution in [3.63, 3.8) is 0 Å². The zero-order chi connectivity index (χ0) is 17.4. The molecule has 0 aliphatic rings. The summed E-state index contributed by atoms with van der Waals surface area (Å²) >= 11 is 5.93. The summed E-state index contributed by atoms with van der Waals surface area (Å²) in [6, 6.07) is 8.72. The third kappa shape index (κ3) is 5.70. The number of nitrogens with zero attached hydrogens (tertiary/aromatic N) is 1. The molecule has 1 aromatic heterocycles. The summed E-state index contributed by atoms with van der Waals surface area (Å²) < 4.78 is 5.07. The van der Waals surface area contributed by atoms with Crippen LogP contribution in [-0.4, -0.2) is 28.7 Å². The lowest BCUT2D eigenvalue weighted by Crippen LogP contribution is -2.23. The number of unbranched alkanes of at least 4 members (excludes halogenated alkanes) is 3. The molecule has 0 aliphatic carbocycles. The number of halogens is 1. The van der Waals surface area contributed by atoms with Crippen LogP contribution in [-0.2, 0) is 4.79 Å². The second-order valence-corrected chi connectivity index (χ2v) is 5.84. The lowest BCUT2D eigenvalue weighted by atomic mass is 10.1. The number of carboxylic acid groups (broad SMARTS) is 1. The summed E-state index contributed by atoms with van der Waals surface area (Å²) in [6.07, 6.45) is 3.35. The van der Waals surface area contributed by atoms with E-state index in [0.29, 0.717) is 23.7 Å². The number of hydrogen-bond donors (Lipinski definition) is 2. The minimum atomic E-state index is -0.774. The van der Waals surface area contributed by atoms with E-state index in [9.17, 15) is 9.59 Å². The van der Waals surface area contributed by atoms with Crippen molar-refractivity contribution in [1.29, 1.82) is 0 Å². The number of hydrogen-bond acceptors (Lipinski definition) is 4. The van der Waals surface area contributed by atoms with E-state index >= 15 is 0 Å². The fourth-order valence-corrected chi connectivity index (χ4v) is 2.40. The Morgan fingerprint density at radius 3 is 2.71 bits per heavy atom. The van der Waals surface area contributed by atoms with Crippen molar-refractivity contribution in [2.24, 2.45) is 0 Å². The molecule has 2 aromatic rings. The third-order valence-corrected chi connectivity index (χ3v) is 3.69. The van der Waals surface area contributed by atoms with E-state index in [0.717, 1.165) is 24.8 Å². The van der Waals surface area contributed by atoms with Crippen LogP contribution in [0.2, 0.25) is 5.02 Å². The van der Waals surface area contributed by atoms with E-state index in [1.54, 1.807) is 24.3 Å². The molecule has 0 saturated carbocycles. The molecular weight excluding hydrogens is 332 g/mol. The number of amides is 1. The average molecular weight is 351 g/mol. The third-order valence-electron chi connectivity index (χ3n) is 3.46. The Bertz CT molecular complexity index is 699. The summed E-state index contributed by atoms with van der Waals surface area (Å²) in [7, 11) is 0. The van der Waals surface area contributed by atoms with Crippen LogP contribution in [0.15, 0.2) is 34.9 Å². The van der Waals surface area contributed by atoms with Gasteiger partial charge < -0.3 is 14.9 Å². The molecule has 0 atom stereocenters. The normalized spacial score (nSPS) is 10.5. The van der Waals surface area contributed by atoms with Gasteiger partial charge in [0.1, 0.15) is 5.69 Å². The highest BCUT2D eigenvalue weighted by molar-refractivity contribution is 6.30. The lowest BCUT2D eigenvalue weighted by molar-refractivity contribution is -0.137. The SMILES string of the molecule is O=C(O)CCCCCCNC(=O)c1cc(-c2cccc(Cl)c2)no1. The Hall–Kier alpha value is -2.34. The zero-order valence-electron chi connectivity index (χ0n) is 13.1. The Morgan fingerprint density at radius 1 is 1.17 bits per heavy atom. The van der Waals surface area contributed by atoms with E-state index < -0.39 is 5.97 Å². The first kappa shape index (κ1) is 18.0. The lowest BCUT2D eigenvalue weighted by Gasteiger charge is -2.02. The van der Waals surface area contributed by atoms with Gasteiger partial charge in [-0.3, -0.25) is 9.59 Å². The van der Waals surface area contributed by atoms with E-state index in [1.807, 2.05) is 6.07 Å². The van der Waals surface area contributed by atoms with E-state index in [4.69, 9.17) is 21.2 Å². The first-order valence-corrected chi connectivity index (χ1v) is 8.16. The molecule has 128 valence electrons. The topological polar surface area (TPSA) is 92.4 Å². The molecule has 24 heavy (non-hydrogen) atoms. The summed E-state index contributed by atoms with van der Waals surface area (Å²) in [4.78, 5) is 22.4. The van der Waals surface area contributed by atoms with Crippen molar-refractivity contribution in [2.75, 3.05) is 6.54 Å². The number of aliphatic carboxylic acids is 1. The Kier molecular flexibility index (Phi) is 6.81. The van der Waals surface area contributed by atoms with Gasteiger partial charge in [0.05, 0.1) is 0 Å². The molecule has 0 spiro atoms. The first-order valence-electron chi connectivity index (χ1n) is 7.79. The van der Waals surface area contributed by atoms with Gasteiger partial charge in [-0.25, -0.2) is 0 Å². The molecule has 1 amide bonds. The van der Waals surface area contributed by atoms with Gasteiger partial charge in [0.2, 0.25) is 5.76 Å². The molecule has 0 radical (unpaired) electrons.